The molecule has 1 N–H and O–H groups in total. The second kappa shape index (κ2) is 10.0. The lowest BCUT2D eigenvalue weighted by molar-refractivity contribution is 0.597. The molecule has 3 aromatic carbocycles. The lowest BCUT2D eigenvalue weighted by Crippen LogP contribution is -2.14. The molecule has 31 heavy (non-hydrogen) atoms. The van der Waals surface area contributed by atoms with Gasteiger partial charge < -0.3 is 0 Å². The number of para-hydroxylation sites is 1. The highest BCUT2D eigenvalue weighted by Gasteiger charge is 2.20. The van der Waals surface area contributed by atoms with Crippen LogP contribution in [-0.4, -0.2) is 28.3 Å². The molecule has 3 rings (SSSR count). The van der Waals surface area contributed by atoms with Crippen molar-refractivity contribution in [3.63, 3.8) is 0 Å². The third-order valence-corrected chi connectivity index (χ3v) is 9.50. The maximum Gasteiger partial charge on any atom is 0.263 e. The molecule has 0 unspecified atom stereocenters. The molecule has 0 spiro atoms. The van der Waals surface area contributed by atoms with Crippen molar-refractivity contribution < 1.29 is 16.8 Å². The quantitative estimate of drug-likeness (QED) is 0.356. The molecule has 3 aromatic rings. The van der Waals surface area contributed by atoms with Gasteiger partial charge in [-0.25, -0.2) is 16.8 Å². The van der Waals surface area contributed by atoms with Crippen LogP contribution in [0.5, 0.6) is 0 Å². The van der Waals surface area contributed by atoms with Crippen LogP contribution in [0.25, 0.3) is 0 Å². The van der Waals surface area contributed by atoms with Crippen LogP contribution in [0, 0.1) is 0 Å². The van der Waals surface area contributed by atoms with Gasteiger partial charge in [-0.1, -0.05) is 46.9 Å². The summed E-state index contributed by atoms with van der Waals surface area (Å²) in [6.07, 6.45) is 0. The number of sulfonamides is 1. The third-order valence-electron chi connectivity index (χ3n) is 4.10. The fraction of sp³-hybridized carbons (Fsp3) is 0.100. The Kier molecular flexibility index (Phi) is 7.83. The molecule has 0 radical (unpaired) electrons. The largest absolute Gasteiger partial charge is 0.278 e. The Balaban J connectivity index is 1.74. The number of halogens is 3. The van der Waals surface area contributed by atoms with E-state index in [1.807, 2.05) is 0 Å². The number of rotatable bonds is 8. The molecule has 0 aromatic heterocycles. The molecular formula is C20H16Cl3NO4S3. The summed E-state index contributed by atoms with van der Waals surface area (Å²) >= 11 is 18.9. The number of hydrogen-bond donors (Lipinski definition) is 1. The third kappa shape index (κ3) is 6.31. The molecule has 0 saturated carbocycles. The van der Waals surface area contributed by atoms with Crippen LogP contribution in [0.2, 0.25) is 15.1 Å². The minimum Gasteiger partial charge on any atom is -0.278 e. The van der Waals surface area contributed by atoms with Gasteiger partial charge >= 0.3 is 0 Å². The van der Waals surface area contributed by atoms with Gasteiger partial charge in [0.25, 0.3) is 10.0 Å². The maximum absolute atomic E-state index is 12.8. The molecular weight excluding hydrogens is 521 g/mol. The first kappa shape index (κ1) is 24.2. The Morgan fingerprint density at radius 2 is 1.45 bits per heavy atom. The first-order valence-electron chi connectivity index (χ1n) is 8.76. The van der Waals surface area contributed by atoms with Gasteiger partial charge in [0.05, 0.1) is 21.4 Å². The normalized spacial score (nSPS) is 12.0. The fourth-order valence-electron chi connectivity index (χ4n) is 2.59. The second-order valence-electron chi connectivity index (χ2n) is 6.30. The molecule has 0 saturated heterocycles. The van der Waals surface area contributed by atoms with Gasteiger partial charge in [-0.05, 0) is 54.6 Å². The average molecular weight is 537 g/mol. The molecule has 0 aliphatic rings. The highest BCUT2D eigenvalue weighted by Crippen LogP contribution is 2.32. The minimum atomic E-state index is -3.97. The van der Waals surface area contributed by atoms with E-state index in [-0.39, 0.29) is 26.3 Å². The van der Waals surface area contributed by atoms with Crippen LogP contribution in [0.15, 0.2) is 81.4 Å². The standard InChI is InChI=1S/C20H16Cl3NO4S3/c21-14-5-8-16(9-6-14)30(25,26)12-11-29-19-4-2-1-3-18(19)24-31(27,28)20-10-7-15(22)13-17(20)23/h1-10,13,24H,11-12H2. The summed E-state index contributed by atoms with van der Waals surface area (Å²) < 4.78 is 53.1. The van der Waals surface area contributed by atoms with Crippen LogP contribution in [0.4, 0.5) is 5.69 Å². The van der Waals surface area contributed by atoms with Gasteiger partial charge in [0.2, 0.25) is 0 Å². The van der Waals surface area contributed by atoms with Crippen molar-refractivity contribution in [2.45, 2.75) is 14.7 Å². The highest BCUT2D eigenvalue weighted by atomic mass is 35.5. The van der Waals surface area contributed by atoms with Gasteiger partial charge in [-0.3, -0.25) is 4.72 Å². The van der Waals surface area contributed by atoms with E-state index in [1.165, 1.54) is 54.2 Å². The summed E-state index contributed by atoms with van der Waals surface area (Å²) in [5.74, 6) is 0.106. The molecule has 164 valence electrons. The van der Waals surface area contributed by atoms with Crippen molar-refractivity contribution in [2.75, 3.05) is 16.2 Å². The minimum absolute atomic E-state index is 0.000748. The van der Waals surface area contributed by atoms with Gasteiger partial charge in [0, 0.05) is 20.7 Å². The summed E-state index contributed by atoms with van der Waals surface area (Å²) in [7, 11) is -7.46. The second-order valence-corrected chi connectivity index (χ2v) is 12.5. The Labute approximate surface area is 200 Å². The number of anilines is 1. The summed E-state index contributed by atoms with van der Waals surface area (Å²) in [5, 5.41) is 0.774. The molecule has 11 heteroatoms. The van der Waals surface area contributed by atoms with Crippen LogP contribution in [0.3, 0.4) is 0 Å². The predicted octanol–water partition coefficient (Wildman–Crippen LogP) is 6.01. The number of thioether (sulfide) groups is 1. The summed E-state index contributed by atoms with van der Waals surface area (Å²) in [6.45, 7) is 0. The smallest absolute Gasteiger partial charge is 0.263 e. The van der Waals surface area contributed by atoms with E-state index in [2.05, 4.69) is 4.72 Å². The van der Waals surface area contributed by atoms with Gasteiger partial charge in [-0.15, -0.1) is 11.8 Å². The topological polar surface area (TPSA) is 80.3 Å². The summed E-state index contributed by atoms with van der Waals surface area (Å²) in [4.78, 5) is 0.662. The zero-order valence-corrected chi connectivity index (χ0v) is 20.5. The van der Waals surface area contributed by atoms with Crippen molar-refractivity contribution in [3.05, 3.63) is 81.8 Å². The Hall–Kier alpha value is -1.42. The van der Waals surface area contributed by atoms with Gasteiger partial charge in [0.1, 0.15) is 4.90 Å². The fourth-order valence-corrected chi connectivity index (χ4v) is 7.30. The van der Waals surface area contributed by atoms with Crippen LogP contribution >= 0.6 is 46.6 Å². The molecule has 0 amide bonds. The van der Waals surface area contributed by atoms with Crippen LogP contribution in [0.1, 0.15) is 0 Å². The monoisotopic (exact) mass is 535 g/mol. The van der Waals surface area contributed by atoms with Crippen molar-refractivity contribution in [2.24, 2.45) is 0 Å². The van der Waals surface area contributed by atoms with Gasteiger partial charge in [0.15, 0.2) is 9.84 Å². The SMILES string of the molecule is O=S(=O)(CCSc1ccccc1NS(=O)(=O)c1ccc(Cl)cc1Cl)c1ccc(Cl)cc1. The number of nitrogens with one attached hydrogen (secondary N) is 1. The Morgan fingerprint density at radius 1 is 0.806 bits per heavy atom. The predicted molar refractivity (Wildman–Crippen MR) is 128 cm³/mol. The van der Waals surface area contributed by atoms with Crippen molar-refractivity contribution in [1.29, 1.82) is 0 Å². The summed E-state index contributed by atoms with van der Waals surface area (Å²) in [5.41, 5.74) is 0.322. The van der Waals surface area contributed by atoms with E-state index < -0.39 is 19.9 Å². The molecule has 0 fully saturated rings. The Bertz CT molecular complexity index is 1300. The van der Waals surface area contributed by atoms with Crippen LogP contribution in [-0.2, 0) is 19.9 Å². The highest BCUT2D eigenvalue weighted by molar-refractivity contribution is 8.01. The van der Waals surface area contributed by atoms with Crippen molar-refractivity contribution >= 4 is 72.1 Å². The van der Waals surface area contributed by atoms with E-state index in [1.54, 1.807) is 24.3 Å². The molecule has 0 bridgehead atoms. The average Bonchev–Trinajstić information content (AvgIpc) is 2.69. The van der Waals surface area contributed by atoms with Crippen molar-refractivity contribution in [3.8, 4) is 0 Å². The van der Waals surface area contributed by atoms with E-state index in [9.17, 15) is 16.8 Å². The van der Waals surface area contributed by atoms with Crippen molar-refractivity contribution in [1.82, 2.24) is 0 Å². The van der Waals surface area contributed by atoms with E-state index >= 15 is 0 Å². The first-order chi connectivity index (χ1) is 14.6. The molecule has 0 aliphatic heterocycles. The van der Waals surface area contributed by atoms with E-state index in [4.69, 9.17) is 34.8 Å². The number of hydrogen-bond acceptors (Lipinski definition) is 5. The van der Waals surface area contributed by atoms with E-state index in [0.29, 0.717) is 20.6 Å². The van der Waals surface area contributed by atoms with Gasteiger partial charge in [-0.2, -0.15) is 0 Å². The zero-order chi connectivity index (χ0) is 22.6. The lowest BCUT2D eigenvalue weighted by Gasteiger charge is -2.13. The maximum atomic E-state index is 12.8. The molecule has 5 nitrogen and oxygen atoms in total. The van der Waals surface area contributed by atoms with E-state index in [0.717, 1.165) is 0 Å². The number of benzene rings is 3. The first-order valence-corrected chi connectivity index (χ1v) is 14.0. The zero-order valence-electron chi connectivity index (χ0n) is 15.8. The number of sulfone groups is 1. The molecule has 0 atom stereocenters. The summed E-state index contributed by atoms with van der Waals surface area (Å²) in [6, 6.07) is 16.8. The molecule has 0 heterocycles. The lowest BCUT2D eigenvalue weighted by atomic mass is 10.3. The molecule has 0 aliphatic carbocycles. The van der Waals surface area contributed by atoms with Crippen LogP contribution < -0.4 is 4.72 Å². The Morgan fingerprint density at radius 3 is 2.13 bits per heavy atom.